The van der Waals surface area contributed by atoms with Crippen LogP contribution in [0.1, 0.15) is 24.0 Å². The minimum Gasteiger partial charge on any atom is -0.392 e. The van der Waals surface area contributed by atoms with Crippen molar-refractivity contribution in [3.05, 3.63) is 33.3 Å². The summed E-state index contributed by atoms with van der Waals surface area (Å²) in [6, 6.07) is 6.27. The number of rotatable bonds is 4. The summed E-state index contributed by atoms with van der Waals surface area (Å²) in [5.41, 5.74) is 3.55. The number of hydrogen-bond acceptors (Lipinski definition) is 6. The van der Waals surface area contributed by atoms with Gasteiger partial charge in [0.15, 0.2) is 3.95 Å². The first-order valence-corrected chi connectivity index (χ1v) is 9.06. The van der Waals surface area contributed by atoms with Gasteiger partial charge in [-0.3, -0.25) is 4.90 Å². The van der Waals surface area contributed by atoms with Crippen LogP contribution in [0, 0.1) is 17.8 Å². The number of piperidine rings is 1. The minimum absolute atomic E-state index is 0.232. The molecule has 1 aromatic heterocycles. The highest BCUT2D eigenvalue weighted by Gasteiger charge is 2.18. The van der Waals surface area contributed by atoms with Crippen LogP contribution in [-0.4, -0.2) is 39.0 Å². The zero-order chi connectivity index (χ0) is 16.4. The molecule has 0 spiro atoms. The maximum Gasteiger partial charge on any atom is 0.209 e. The molecular formula is C16H22N4OS2. The minimum atomic E-state index is -0.232. The summed E-state index contributed by atoms with van der Waals surface area (Å²) in [6.07, 6.45) is 1.68. The number of likely N-dealkylation sites (tertiary alicyclic amines) is 1. The van der Waals surface area contributed by atoms with Gasteiger partial charge in [-0.25, -0.2) is 4.68 Å². The van der Waals surface area contributed by atoms with Crippen molar-refractivity contribution < 1.29 is 5.11 Å². The molecule has 23 heavy (non-hydrogen) atoms. The third-order valence-corrected chi connectivity index (χ3v) is 5.40. The van der Waals surface area contributed by atoms with Crippen molar-refractivity contribution in [1.82, 2.24) is 14.7 Å². The average molecular weight is 351 g/mol. The number of anilines is 2. The summed E-state index contributed by atoms with van der Waals surface area (Å²) in [5.74, 6) is 0. The smallest absolute Gasteiger partial charge is 0.209 e. The monoisotopic (exact) mass is 350 g/mol. The summed E-state index contributed by atoms with van der Waals surface area (Å²) < 4.78 is 2.58. The second-order valence-corrected chi connectivity index (χ2v) is 7.73. The Hall–Kier alpha value is -1.28. The predicted octanol–water partition coefficient (Wildman–Crippen LogP) is 3.45. The SMILES string of the molecule is Cc1ccc(Nc2nn(CN3CCC[C@H](O)C3)c(=S)s2)cc1C. The van der Waals surface area contributed by atoms with Crippen molar-refractivity contribution in [2.75, 3.05) is 18.4 Å². The molecule has 1 fully saturated rings. The van der Waals surface area contributed by atoms with Crippen molar-refractivity contribution in [3.63, 3.8) is 0 Å². The van der Waals surface area contributed by atoms with Crippen molar-refractivity contribution in [3.8, 4) is 0 Å². The van der Waals surface area contributed by atoms with Crippen LogP contribution in [0.3, 0.4) is 0 Å². The highest BCUT2D eigenvalue weighted by atomic mass is 32.1. The van der Waals surface area contributed by atoms with Gasteiger partial charge in [0.2, 0.25) is 5.13 Å². The summed E-state index contributed by atoms with van der Waals surface area (Å²) in [7, 11) is 0. The number of aliphatic hydroxyl groups excluding tert-OH is 1. The Kier molecular flexibility index (Phi) is 5.11. The van der Waals surface area contributed by atoms with Crippen molar-refractivity contribution >= 4 is 34.4 Å². The van der Waals surface area contributed by atoms with Crippen LogP contribution >= 0.6 is 23.6 Å². The van der Waals surface area contributed by atoms with Crippen molar-refractivity contribution in [2.24, 2.45) is 0 Å². The van der Waals surface area contributed by atoms with E-state index >= 15 is 0 Å². The van der Waals surface area contributed by atoms with E-state index in [0.29, 0.717) is 13.2 Å². The van der Waals surface area contributed by atoms with Gasteiger partial charge >= 0.3 is 0 Å². The molecule has 0 saturated carbocycles. The van der Waals surface area contributed by atoms with Crippen LogP contribution in [0.15, 0.2) is 18.2 Å². The van der Waals surface area contributed by atoms with Gasteiger partial charge in [0, 0.05) is 18.8 Å². The van der Waals surface area contributed by atoms with E-state index in [4.69, 9.17) is 12.2 Å². The number of aryl methyl sites for hydroxylation is 2. The fraction of sp³-hybridized carbons (Fsp3) is 0.500. The molecule has 1 atom stereocenters. The fourth-order valence-corrected chi connectivity index (χ4v) is 3.75. The lowest BCUT2D eigenvalue weighted by molar-refractivity contribution is 0.0516. The first-order valence-electron chi connectivity index (χ1n) is 7.84. The Balaban J connectivity index is 1.70. The average Bonchev–Trinajstić information content (AvgIpc) is 2.83. The molecule has 2 heterocycles. The number of nitrogens with zero attached hydrogens (tertiary/aromatic N) is 3. The van der Waals surface area contributed by atoms with E-state index in [1.807, 2.05) is 4.68 Å². The Morgan fingerprint density at radius 1 is 1.39 bits per heavy atom. The predicted molar refractivity (Wildman–Crippen MR) is 97.0 cm³/mol. The number of benzene rings is 1. The van der Waals surface area contributed by atoms with Gasteiger partial charge in [-0.1, -0.05) is 17.4 Å². The first kappa shape index (κ1) is 16.6. The van der Waals surface area contributed by atoms with Gasteiger partial charge in [-0.2, -0.15) is 0 Å². The molecule has 7 heteroatoms. The molecule has 2 N–H and O–H groups in total. The molecule has 5 nitrogen and oxygen atoms in total. The summed E-state index contributed by atoms with van der Waals surface area (Å²) in [4.78, 5) is 2.20. The molecule has 3 rings (SSSR count). The maximum absolute atomic E-state index is 9.77. The molecule has 2 aromatic rings. The maximum atomic E-state index is 9.77. The Labute approximate surface area is 145 Å². The molecule has 0 amide bonds. The topological polar surface area (TPSA) is 53.3 Å². The Morgan fingerprint density at radius 2 is 2.22 bits per heavy atom. The molecule has 0 unspecified atom stereocenters. The van der Waals surface area contributed by atoms with Crippen molar-refractivity contribution in [2.45, 2.75) is 39.5 Å². The quantitative estimate of drug-likeness (QED) is 0.827. The molecule has 0 bridgehead atoms. The van der Waals surface area contributed by atoms with E-state index in [0.717, 1.165) is 34.2 Å². The van der Waals surface area contributed by atoms with E-state index in [2.05, 4.69) is 47.4 Å². The third-order valence-electron chi connectivity index (χ3n) is 4.18. The molecule has 0 aliphatic carbocycles. The van der Waals surface area contributed by atoms with Gasteiger partial charge in [0.1, 0.15) is 0 Å². The van der Waals surface area contributed by atoms with E-state index in [1.54, 1.807) is 0 Å². The second-order valence-electron chi connectivity index (χ2n) is 6.11. The number of nitrogens with one attached hydrogen (secondary N) is 1. The van der Waals surface area contributed by atoms with E-state index in [-0.39, 0.29) is 6.10 Å². The zero-order valence-corrected chi connectivity index (χ0v) is 15.1. The molecular weight excluding hydrogens is 328 g/mol. The van der Waals surface area contributed by atoms with Crippen molar-refractivity contribution in [1.29, 1.82) is 0 Å². The first-order chi connectivity index (χ1) is 11.0. The van der Waals surface area contributed by atoms with E-state index < -0.39 is 0 Å². The molecule has 1 aliphatic rings. The van der Waals surface area contributed by atoms with Gasteiger partial charge in [-0.05, 0) is 62.2 Å². The highest BCUT2D eigenvalue weighted by molar-refractivity contribution is 7.73. The standard InChI is InChI=1S/C16H22N4OS2/c1-11-5-6-13(8-12(11)2)17-15-18-20(16(22)23-15)10-19-7-3-4-14(21)9-19/h5-6,8,14,21H,3-4,7,9-10H2,1-2H3,(H,17,18)/t14-/m0/s1. The van der Waals surface area contributed by atoms with Gasteiger partial charge in [0.05, 0.1) is 12.8 Å². The normalized spacial score (nSPS) is 19.0. The molecule has 0 radical (unpaired) electrons. The lowest BCUT2D eigenvalue weighted by Crippen LogP contribution is -2.39. The van der Waals surface area contributed by atoms with Gasteiger partial charge < -0.3 is 10.4 Å². The number of aromatic nitrogens is 2. The van der Waals surface area contributed by atoms with Gasteiger partial charge in [0.25, 0.3) is 0 Å². The lowest BCUT2D eigenvalue weighted by atomic mass is 10.1. The number of aliphatic hydroxyl groups is 1. The molecule has 1 aliphatic heterocycles. The van der Waals surface area contributed by atoms with Crippen LogP contribution in [0.4, 0.5) is 10.8 Å². The highest BCUT2D eigenvalue weighted by Crippen LogP contribution is 2.23. The summed E-state index contributed by atoms with van der Waals surface area (Å²) >= 11 is 6.90. The zero-order valence-electron chi connectivity index (χ0n) is 13.5. The largest absolute Gasteiger partial charge is 0.392 e. The molecule has 1 aromatic carbocycles. The van der Waals surface area contributed by atoms with Crippen LogP contribution in [-0.2, 0) is 6.67 Å². The Bertz CT molecular complexity index is 740. The summed E-state index contributed by atoms with van der Waals surface area (Å²) in [5, 5.41) is 18.5. The lowest BCUT2D eigenvalue weighted by Gasteiger charge is -2.29. The van der Waals surface area contributed by atoms with Gasteiger partial charge in [-0.15, -0.1) is 5.10 Å². The summed E-state index contributed by atoms with van der Waals surface area (Å²) in [6.45, 7) is 6.52. The van der Waals surface area contributed by atoms with E-state index in [9.17, 15) is 5.11 Å². The van der Waals surface area contributed by atoms with Crippen LogP contribution in [0.25, 0.3) is 0 Å². The number of β-amino-alcohol motifs (C(OH)–C–C–N with tert-alkyl or cyclic N) is 1. The Morgan fingerprint density at radius 3 is 2.96 bits per heavy atom. The van der Waals surface area contributed by atoms with Crippen LogP contribution in [0.2, 0.25) is 0 Å². The van der Waals surface area contributed by atoms with Crippen LogP contribution in [0.5, 0.6) is 0 Å². The van der Waals surface area contributed by atoms with E-state index in [1.165, 1.54) is 22.5 Å². The second kappa shape index (κ2) is 7.09. The third kappa shape index (κ3) is 4.17. The number of hydrogen-bond donors (Lipinski definition) is 2. The fourth-order valence-electron chi connectivity index (χ4n) is 2.74. The molecule has 124 valence electrons. The molecule has 1 saturated heterocycles. The van der Waals surface area contributed by atoms with Crippen LogP contribution < -0.4 is 5.32 Å².